The number of benzene rings is 1. The van der Waals surface area contributed by atoms with Gasteiger partial charge in [-0.3, -0.25) is 4.79 Å². The standard InChI is InChI=1S/C12H14Cl2N2O3S/c1-7-2-11(10(14)4-9(7)13)16-5-8(3-12(16)17)6-20(15,18)19/h2,4,8H,3,5-6H2,1H3,(H2,15,18,19). The molecular weight excluding hydrogens is 323 g/mol. The minimum Gasteiger partial charge on any atom is -0.311 e. The normalized spacial score (nSPS) is 19.7. The lowest BCUT2D eigenvalue weighted by molar-refractivity contribution is -0.117. The summed E-state index contributed by atoms with van der Waals surface area (Å²) in [5.74, 6) is -0.689. The largest absolute Gasteiger partial charge is 0.311 e. The molecule has 20 heavy (non-hydrogen) atoms. The van der Waals surface area contributed by atoms with Gasteiger partial charge < -0.3 is 4.90 Å². The lowest BCUT2D eigenvalue weighted by atomic mass is 10.1. The molecule has 0 spiro atoms. The van der Waals surface area contributed by atoms with E-state index < -0.39 is 10.0 Å². The molecule has 1 aromatic carbocycles. The van der Waals surface area contributed by atoms with Crippen molar-refractivity contribution in [3.8, 4) is 0 Å². The molecule has 1 aromatic rings. The fraction of sp³-hybridized carbons (Fsp3) is 0.417. The van der Waals surface area contributed by atoms with E-state index in [0.717, 1.165) is 5.56 Å². The van der Waals surface area contributed by atoms with Gasteiger partial charge in [-0.25, -0.2) is 13.6 Å². The van der Waals surface area contributed by atoms with Crippen LogP contribution in [0.1, 0.15) is 12.0 Å². The number of hydrogen-bond donors (Lipinski definition) is 1. The molecule has 2 rings (SSSR count). The van der Waals surface area contributed by atoms with Crippen molar-refractivity contribution >= 4 is 44.8 Å². The molecule has 1 atom stereocenters. The number of carbonyl (C=O) groups excluding carboxylic acids is 1. The molecule has 1 amide bonds. The van der Waals surface area contributed by atoms with Crippen LogP contribution in [-0.4, -0.2) is 26.6 Å². The number of primary sulfonamides is 1. The number of nitrogens with zero attached hydrogens (tertiary/aromatic N) is 1. The van der Waals surface area contributed by atoms with Gasteiger partial charge in [0.15, 0.2) is 0 Å². The van der Waals surface area contributed by atoms with Gasteiger partial charge in [-0.2, -0.15) is 0 Å². The molecule has 0 bridgehead atoms. The van der Waals surface area contributed by atoms with Gasteiger partial charge >= 0.3 is 0 Å². The molecule has 1 fully saturated rings. The number of halogens is 2. The highest BCUT2D eigenvalue weighted by molar-refractivity contribution is 7.89. The van der Waals surface area contributed by atoms with Crippen LogP contribution in [0.3, 0.4) is 0 Å². The molecule has 1 heterocycles. The third kappa shape index (κ3) is 3.44. The van der Waals surface area contributed by atoms with E-state index in [9.17, 15) is 13.2 Å². The number of carbonyl (C=O) groups is 1. The molecule has 0 aromatic heterocycles. The summed E-state index contributed by atoms with van der Waals surface area (Å²) in [6.45, 7) is 2.10. The molecule has 0 saturated carbocycles. The number of hydrogen-bond acceptors (Lipinski definition) is 3. The van der Waals surface area contributed by atoms with Gasteiger partial charge in [0.2, 0.25) is 15.9 Å². The summed E-state index contributed by atoms with van der Waals surface area (Å²) in [7, 11) is -3.59. The molecular formula is C12H14Cl2N2O3S. The van der Waals surface area contributed by atoms with E-state index in [-0.39, 0.29) is 30.5 Å². The van der Waals surface area contributed by atoms with Crippen LogP contribution in [0.15, 0.2) is 12.1 Å². The van der Waals surface area contributed by atoms with E-state index in [0.29, 0.717) is 15.7 Å². The number of anilines is 1. The Bertz CT molecular complexity index is 661. The fourth-order valence-corrected chi connectivity index (χ4v) is 3.67. The highest BCUT2D eigenvalue weighted by Gasteiger charge is 2.33. The predicted octanol–water partition coefficient (Wildman–Crippen LogP) is 1.94. The van der Waals surface area contributed by atoms with E-state index in [2.05, 4.69) is 0 Å². The Balaban J connectivity index is 2.26. The van der Waals surface area contributed by atoms with Crippen molar-refractivity contribution in [2.45, 2.75) is 13.3 Å². The lowest BCUT2D eigenvalue weighted by Crippen LogP contribution is -2.27. The minimum absolute atomic E-state index is 0.147. The fourth-order valence-electron chi connectivity index (χ4n) is 2.30. The van der Waals surface area contributed by atoms with Crippen molar-refractivity contribution in [2.75, 3.05) is 17.2 Å². The van der Waals surface area contributed by atoms with Gasteiger partial charge in [0.05, 0.1) is 16.5 Å². The minimum atomic E-state index is -3.59. The van der Waals surface area contributed by atoms with E-state index in [1.54, 1.807) is 12.1 Å². The maximum Gasteiger partial charge on any atom is 0.227 e. The number of nitrogens with two attached hydrogens (primary N) is 1. The first-order valence-electron chi connectivity index (χ1n) is 5.94. The third-order valence-corrected chi connectivity index (χ3v) is 4.84. The Morgan fingerprint density at radius 2 is 2.00 bits per heavy atom. The smallest absolute Gasteiger partial charge is 0.227 e. The van der Waals surface area contributed by atoms with E-state index in [4.69, 9.17) is 28.3 Å². The molecule has 8 heteroatoms. The first kappa shape index (κ1) is 15.6. The van der Waals surface area contributed by atoms with Crippen molar-refractivity contribution in [1.29, 1.82) is 0 Å². The van der Waals surface area contributed by atoms with E-state index in [1.807, 2.05) is 6.92 Å². The van der Waals surface area contributed by atoms with Crippen LogP contribution < -0.4 is 10.0 Å². The highest BCUT2D eigenvalue weighted by Crippen LogP contribution is 2.35. The summed E-state index contributed by atoms with van der Waals surface area (Å²) < 4.78 is 22.2. The van der Waals surface area contributed by atoms with Gasteiger partial charge in [0.25, 0.3) is 0 Å². The van der Waals surface area contributed by atoms with Crippen molar-refractivity contribution in [3.05, 3.63) is 27.7 Å². The van der Waals surface area contributed by atoms with Crippen LogP contribution in [0, 0.1) is 12.8 Å². The van der Waals surface area contributed by atoms with Gasteiger partial charge in [-0.05, 0) is 24.6 Å². The molecule has 0 aliphatic carbocycles. The van der Waals surface area contributed by atoms with Crippen molar-refractivity contribution in [1.82, 2.24) is 0 Å². The second kappa shape index (κ2) is 5.52. The monoisotopic (exact) mass is 336 g/mol. The summed E-state index contributed by atoms with van der Waals surface area (Å²) in [5, 5.41) is 5.90. The Labute approximate surface area is 127 Å². The zero-order valence-corrected chi connectivity index (χ0v) is 13.1. The SMILES string of the molecule is Cc1cc(N2CC(CS(N)(=O)=O)CC2=O)c(Cl)cc1Cl. The van der Waals surface area contributed by atoms with Crippen LogP contribution in [-0.2, 0) is 14.8 Å². The molecule has 2 N–H and O–H groups in total. The van der Waals surface area contributed by atoms with E-state index in [1.165, 1.54) is 4.90 Å². The molecule has 110 valence electrons. The Morgan fingerprint density at radius 1 is 1.35 bits per heavy atom. The molecule has 0 radical (unpaired) electrons. The molecule has 1 aliphatic rings. The van der Waals surface area contributed by atoms with Crippen molar-refractivity contribution < 1.29 is 13.2 Å². The van der Waals surface area contributed by atoms with Crippen molar-refractivity contribution in [2.24, 2.45) is 11.1 Å². The molecule has 1 aliphatic heterocycles. The van der Waals surface area contributed by atoms with Crippen LogP contribution >= 0.6 is 23.2 Å². The van der Waals surface area contributed by atoms with Gasteiger partial charge in [-0.15, -0.1) is 0 Å². The maximum absolute atomic E-state index is 12.0. The average Bonchev–Trinajstić information content (AvgIpc) is 2.62. The number of rotatable bonds is 3. The highest BCUT2D eigenvalue weighted by atomic mass is 35.5. The van der Waals surface area contributed by atoms with Gasteiger partial charge in [-0.1, -0.05) is 23.2 Å². The van der Waals surface area contributed by atoms with Crippen molar-refractivity contribution in [3.63, 3.8) is 0 Å². The lowest BCUT2D eigenvalue weighted by Gasteiger charge is -2.19. The topological polar surface area (TPSA) is 80.5 Å². The van der Waals surface area contributed by atoms with E-state index >= 15 is 0 Å². The molecule has 5 nitrogen and oxygen atoms in total. The summed E-state index contributed by atoms with van der Waals surface area (Å²) in [6, 6.07) is 3.30. The quantitative estimate of drug-likeness (QED) is 0.915. The third-order valence-electron chi connectivity index (χ3n) is 3.19. The van der Waals surface area contributed by atoms with Crippen LogP contribution in [0.25, 0.3) is 0 Å². The maximum atomic E-state index is 12.0. The zero-order chi connectivity index (χ0) is 15.1. The number of sulfonamides is 1. The average molecular weight is 337 g/mol. The second-order valence-corrected chi connectivity index (χ2v) is 7.43. The van der Waals surface area contributed by atoms with Gasteiger partial charge in [0.1, 0.15) is 0 Å². The molecule has 1 unspecified atom stereocenters. The Morgan fingerprint density at radius 3 is 2.60 bits per heavy atom. The number of aryl methyl sites for hydroxylation is 1. The van der Waals surface area contributed by atoms with Gasteiger partial charge in [0, 0.05) is 23.9 Å². The summed E-state index contributed by atoms with van der Waals surface area (Å²) in [5.41, 5.74) is 1.35. The Hall–Kier alpha value is -0.820. The zero-order valence-electron chi connectivity index (χ0n) is 10.8. The predicted molar refractivity (Wildman–Crippen MR) is 79.6 cm³/mol. The number of amides is 1. The summed E-state index contributed by atoms with van der Waals surface area (Å²) in [4.78, 5) is 13.5. The summed E-state index contributed by atoms with van der Waals surface area (Å²) in [6.07, 6.45) is 0.147. The molecule has 1 saturated heterocycles. The Kier molecular flexibility index (Phi) is 4.30. The second-order valence-electron chi connectivity index (χ2n) is 4.96. The first-order chi connectivity index (χ1) is 9.17. The van der Waals surface area contributed by atoms with Crippen LogP contribution in [0.4, 0.5) is 5.69 Å². The first-order valence-corrected chi connectivity index (χ1v) is 8.41. The van der Waals surface area contributed by atoms with Crippen LogP contribution in [0.5, 0.6) is 0 Å². The summed E-state index contributed by atoms with van der Waals surface area (Å²) >= 11 is 12.1. The van der Waals surface area contributed by atoms with Crippen LogP contribution in [0.2, 0.25) is 10.0 Å².